The second kappa shape index (κ2) is 2.85. The van der Waals surface area contributed by atoms with E-state index in [0.717, 1.165) is 4.80 Å². The molecule has 0 aliphatic rings. The summed E-state index contributed by atoms with van der Waals surface area (Å²) in [5.74, 6) is -0.339. The van der Waals surface area contributed by atoms with E-state index in [1.807, 2.05) is 0 Å². The van der Waals surface area contributed by atoms with E-state index >= 15 is 0 Å². The van der Waals surface area contributed by atoms with Crippen molar-refractivity contribution >= 4 is 0 Å². The van der Waals surface area contributed by atoms with Gasteiger partial charge in [-0.25, -0.2) is 4.39 Å². The van der Waals surface area contributed by atoms with Gasteiger partial charge >= 0.3 is 0 Å². The highest BCUT2D eigenvalue weighted by Gasteiger charge is 2.04. The number of nitrogens with zero attached hydrogens (tertiary/aromatic N) is 3. The molecule has 0 N–H and O–H groups in total. The van der Waals surface area contributed by atoms with Crippen LogP contribution < -0.4 is 4.85 Å². The molecular formula is C8H6FN3O. The predicted octanol–water partition coefficient (Wildman–Crippen LogP) is 0.645. The van der Waals surface area contributed by atoms with Crippen LogP contribution in [0.15, 0.2) is 36.7 Å². The molecule has 0 spiro atoms. The molecule has 0 saturated heterocycles. The summed E-state index contributed by atoms with van der Waals surface area (Å²) < 4.78 is 12.5. The largest absolute Gasteiger partial charge is 0.692 e. The minimum Gasteiger partial charge on any atom is -0.692 e. The van der Waals surface area contributed by atoms with Crippen LogP contribution in [0.3, 0.4) is 0 Å². The van der Waals surface area contributed by atoms with Gasteiger partial charge in [-0.2, -0.15) is 4.85 Å². The third-order valence-corrected chi connectivity index (χ3v) is 1.61. The Kier molecular flexibility index (Phi) is 1.70. The van der Waals surface area contributed by atoms with Crippen molar-refractivity contribution in [3.63, 3.8) is 0 Å². The monoisotopic (exact) mass is 179 g/mol. The highest BCUT2D eigenvalue weighted by Crippen LogP contribution is 2.04. The molecule has 0 bridgehead atoms. The maximum absolute atomic E-state index is 12.5. The average Bonchev–Trinajstić information content (AvgIpc) is 2.53. The normalized spacial score (nSPS) is 10.2. The molecule has 0 aliphatic carbocycles. The highest BCUT2D eigenvalue weighted by atomic mass is 19.1. The highest BCUT2D eigenvalue weighted by molar-refractivity contribution is 5.28. The first-order valence-electron chi connectivity index (χ1n) is 3.67. The van der Waals surface area contributed by atoms with E-state index in [4.69, 9.17) is 0 Å². The first-order valence-corrected chi connectivity index (χ1v) is 3.67. The van der Waals surface area contributed by atoms with Crippen molar-refractivity contribution in [3.8, 4) is 5.69 Å². The molecular weight excluding hydrogens is 173 g/mol. The molecule has 0 aliphatic heterocycles. The van der Waals surface area contributed by atoms with Gasteiger partial charge in [0.25, 0.3) is 0 Å². The first kappa shape index (κ1) is 7.72. The van der Waals surface area contributed by atoms with Gasteiger partial charge in [0.1, 0.15) is 11.5 Å². The zero-order valence-corrected chi connectivity index (χ0v) is 6.59. The van der Waals surface area contributed by atoms with Gasteiger partial charge in [0.05, 0.1) is 0 Å². The molecule has 0 amide bonds. The van der Waals surface area contributed by atoms with Gasteiger partial charge < -0.3 is 5.21 Å². The number of rotatable bonds is 1. The molecule has 0 unspecified atom stereocenters. The SMILES string of the molecule is [O-][n+]1ccnn1-c1ccc(F)cc1. The number of halogens is 1. The van der Waals surface area contributed by atoms with Crippen LogP contribution in [-0.2, 0) is 0 Å². The van der Waals surface area contributed by atoms with E-state index in [0.29, 0.717) is 10.5 Å². The van der Waals surface area contributed by atoms with Crippen molar-refractivity contribution in [2.24, 2.45) is 0 Å². The summed E-state index contributed by atoms with van der Waals surface area (Å²) in [6.07, 6.45) is 2.64. The Bertz CT molecular complexity index is 410. The lowest BCUT2D eigenvalue weighted by atomic mass is 10.3. The van der Waals surface area contributed by atoms with Crippen LogP contribution in [0.1, 0.15) is 0 Å². The summed E-state index contributed by atoms with van der Waals surface area (Å²) in [7, 11) is 0. The van der Waals surface area contributed by atoms with Gasteiger partial charge in [0.15, 0.2) is 6.20 Å². The van der Waals surface area contributed by atoms with E-state index in [9.17, 15) is 9.60 Å². The average molecular weight is 179 g/mol. The Morgan fingerprint density at radius 1 is 1.31 bits per heavy atom. The minimum absolute atomic E-state index is 0.339. The first-order chi connectivity index (χ1) is 6.27. The van der Waals surface area contributed by atoms with E-state index in [1.54, 1.807) is 0 Å². The maximum Gasteiger partial charge on any atom is 0.207 e. The Morgan fingerprint density at radius 3 is 2.54 bits per heavy atom. The Labute approximate surface area is 73.4 Å². The number of hydrogen-bond acceptors (Lipinski definition) is 2. The van der Waals surface area contributed by atoms with Crippen molar-refractivity contribution in [1.82, 2.24) is 9.90 Å². The zero-order valence-electron chi connectivity index (χ0n) is 6.59. The fourth-order valence-corrected chi connectivity index (χ4v) is 1.02. The second-order valence-electron chi connectivity index (χ2n) is 2.48. The molecule has 0 radical (unpaired) electrons. The number of benzene rings is 1. The Balaban J connectivity index is 2.47. The molecule has 1 heterocycles. The van der Waals surface area contributed by atoms with Gasteiger partial charge in [0.2, 0.25) is 6.20 Å². The van der Waals surface area contributed by atoms with Crippen LogP contribution in [0.5, 0.6) is 0 Å². The van der Waals surface area contributed by atoms with Crippen LogP contribution in [-0.4, -0.2) is 9.90 Å². The summed E-state index contributed by atoms with van der Waals surface area (Å²) in [6.45, 7) is 0. The lowest BCUT2D eigenvalue weighted by Crippen LogP contribution is -2.36. The maximum atomic E-state index is 12.5. The second-order valence-corrected chi connectivity index (χ2v) is 2.48. The van der Waals surface area contributed by atoms with Crippen LogP contribution in [0.25, 0.3) is 5.69 Å². The lowest BCUT2D eigenvalue weighted by molar-refractivity contribution is -0.688. The molecule has 1 aromatic carbocycles. The third-order valence-electron chi connectivity index (χ3n) is 1.61. The zero-order chi connectivity index (χ0) is 9.26. The van der Waals surface area contributed by atoms with E-state index in [-0.39, 0.29) is 5.82 Å². The molecule has 0 saturated carbocycles. The van der Waals surface area contributed by atoms with Crippen LogP contribution in [0.2, 0.25) is 0 Å². The summed E-state index contributed by atoms with van der Waals surface area (Å²) in [5, 5.41) is 14.8. The van der Waals surface area contributed by atoms with Crippen LogP contribution >= 0.6 is 0 Å². The summed E-state index contributed by atoms with van der Waals surface area (Å²) in [4.78, 5) is 1.69. The Morgan fingerprint density at radius 2 is 2.00 bits per heavy atom. The quantitative estimate of drug-likeness (QED) is 0.476. The van der Waals surface area contributed by atoms with Crippen molar-refractivity contribution < 1.29 is 9.24 Å². The van der Waals surface area contributed by atoms with Crippen molar-refractivity contribution in [2.45, 2.75) is 0 Å². The van der Waals surface area contributed by atoms with E-state index in [2.05, 4.69) is 5.10 Å². The van der Waals surface area contributed by atoms with E-state index < -0.39 is 0 Å². The van der Waals surface area contributed by atoms with Gasteiger partial charge in [-0.3, -0.25) is 0 Å². The summed E-state index contributed by atoms with van der Waals surface area (Å²) in [5.41, 5.74) is 0.529. The molecule has 5 heteroatoms. The Hall–Kier alpha value is -1.91. The summed E-state index contributed by atoms with van der Waals surface area (Å²) in [6, 6.07) is 5.52. The smallest absolute Gasteiger partial charge is 0.207 e. The number of aromatic nitrogens is 3. The van der Waals surface area contributed by atoms with Crippen molar-refractivity contribution in [3.05, 3.63) is 47.7 Å². The summed E-state index contributed by atoms with van der Waals surface area (Å²) >= 11 is 0. The fourth-order valence-electron chi connectivity index (χ4n) is 1.02. The van der Waals surface area contributed by atoms with Gasteiger partial charge in [-0.05, 0) is 29.1 Å². The fraction of sp³-hybridized carbons (Fsp3) is 0. The predicted molar refractivity (Wildman–Crippen MR) is 42.5 cm³/mol. The van der Waals surface area contributed by atoms with Crippen LogP contribution in [0.4, 0.5) is 4.39 Å². The van der Waals surface area contributed by atoms with Gasteiger partial charge in [-0.15, -0.1) is 0 Å². The van der Waals surface area contributed by atoms with E-state index in [1.165, 1.54) is 36.7 Å². The molecule has 0 atom stereocenters. The lowest BCUT2D eigenvalue weighted by Gasteiger charge is -2.01. The number of hydrogen-bond donors (Lipinski definition) is 0. The van der Waals surface area contributed by atoms with Crippen LogP contribution in [0, 0.1) is 11.0 Å². The molecule has 0 fully saturated rings. The molecule has 13 heavy (non-hydrogen) atoms. The molecule has 2 aromatic rings. The molecule has 4 nitrogen and oxygen atoms in total. The third kappa shape index (κ3) is 1.35. The van der Waals surface area contributed by atoms with Crippen molar-refractivity contribution in [1.29, 1.82) is 0 Å². The van der Waals surface area contributed by atoms with Crippen molar-refractivity contribution in [2.75, 3.05) is 0 Å². The van der Waals surface area contributed by atoms with Gasteiger partial charge in [0, 0.05) is 5.10 Å². The van der Waals surface area contributed by atoms with Gasteiger partial charge in [-0.1, -0.05) is 0 Å². The minimum atomic E-state index is -0.339. The molecule has 2 rings (SSSR count). The molecule has 66 valence electrons. The standard InChI is InChI=1S/C8H6FN3O/c9-7-1-3-8(4-2-7)12-10-5-6-11(12)13/h1-6H. The topological polar surface area (TPSA) is 44.8 Å². The molecule has 1 aromatic heterocycles.